The van der Waals surface area contributed by atoms with Crippen LogP contribution in [0.5, 0.6) is 0 Å². The van der Waals surface area contributed by atoms with Crippen LogP contribution in [0, 0.1) is 0 Å². The summed E-state index contributed by atoms with van der Waals surface area (Å²) in [6.07, 6.45) is 3.10. The van der Waals surface area contributed by atoms with Crippen LogP contribution in [-0.4, -0.2) is 46.3 Å². The second-order valence-electron chi connectivity index (χ2n) is 3.53. The van der Waals surface area contributed by atoms with Crippen LogP contribution in [0.1, 0.15) is 24.2 Å². The molecule has 0 N–H and O–H groups in total. The van der Waals surface area contributed by atoms with E-state index in [0.29, 0.717) is 18.7 Å². The minimum atomic E-state index is -0.397. The van der Waals surface area contributed by atoms with Crippen LogP contribution in [0.15, 0.2) is 12.4 Å². The third-order valence-corrected chi connectivity index (χ3v) is 2.25. The Morgan fingerprint density at radius 3 is 2.65 bits per heavy atom. The molecule has 0 spiro atoms. The van der Waals surface area contributed by atoms with Crippen LogP contribution in [0.4, 0.5) is 0 Å². The average Bonchev–Trinajstić information content (AvgIpc) is 2.72. The maximum absolute atomic E-state index is 12.0. The van der Waals surface area contributed by atoms with Crippen LogP contribution in [0.2, 0.25) is 0 Å². The summed E-state index contributed by atoms with van der Waals surface area (Å²) in [6, 6.07) is 0. The number of esters is 1. The summed E-state index contributed by atoms with van der Waals surface area (Å²) in [5.41, 5.74) is 0.471. The molecule has 0 aliphatic carbocycles. The van der Waals surface area contributed by atoms with E-state index in [1.165, 1.54) is 11.1 Å². The third kappa shape index (κ3) is 3.58. The summed E-state index contributed by atoms with van der Waals surface area (Å²) in [6.45, 7) is 4.28. The van der Waals surface area contributed by atoms with E-state index in [1.54, 1.807) is 24.9 Å². The number of hydrogen-bond acceptors (Lipinski definition) is 4. The molecular weight excluding hydrogens is 222 g/mol. The Balaban J connectivity index is 2.67. The van der Waals surface area contributed by atoms with Crippen molar-refractivity contribution >= 4 is 11.9 Å². The molecule has 0 fully saturated rings. The van der Waals surface area contributed by atoms with E-state index in [-0.39, 0.29) is 12.5 Å². The highest BCUT2D eigenvalue weighted by molar-refractivity contribution is 5.95. The highest BCUT2D eigenvalue weighted by Crippen LogP contribution is 2.03. The number of rotatable bonds is 5. The van der Waals surface area contributed by atoms with Gasteiger partial charge < -0.3 is 9.64 Å². The molecule has 6 nitrogen and oxygen atoms in total. The summed E-state index contributed by atoms with van der Waals surface area (Å²) in [5, 5.41) is 3.92. The summed E-state index contributed by atoms with van der Waals surface area (Å²) in [5.74, 6) is -0.611. The molecule has 0 radical (unpaired) electrons. The molecule has 0 saturated heterocycles. The Morgan fingerprint density at radius 2 is 2.18 bits per heavy atom. The van der Waals surface area contributed by atoms with Crippen LogP contribution < -0.4 is 0 Å². The molecule has 0 aliphatic rings. The van der Waals surface area contributed by atoms with Crippen LogP contribution in [0.3, 0.4) is 0 Å². The van der Waals surface area contributed by atoms with Crippen molar-refractivity contribution in [1.29, 1.82) is 0 Å². The second-order valence-corrected chi connectivity index (χ2v) is 3.53. The fraction of sp³-hybridized carbons (Fsp3) is 0.545. The number of carbonyl (C=O) groups is 2. The lowest BCUT2D eigenvalue weighted by molar-refractivity contribution is -0.143. The van der Waals surface area contributed by atoms with Gasteiger partial charge in [0.15, 0.2) is 0 Å². The zero-order chi connectivity index (χ0) is 12.8. The van der Waals surface area contributed by atoms with E-state index in [1.807, 2.05) is 6.92 Å². The van der Waals surface area contributed by atoms with Gasteiger partial charge in [-0.1, -0.05) is 0 Å². The van der Waals surface area contributed by atoms with Gasteiger partial charge in [-0.25, -0.2) is 0 Å². The van der Waals surface area contributed by atoms with Crippen molar-refractivity contribution in [3.8, 4) is 0 Å². The molecule has 0 atom stereocenters. The van der Waals surface area contributed by atoms with Crippen LogP contribution >= 0.6 is 0 Å². The minimum absolute atomic E-state index is 0.0297. The number of ether oxygens (including phenoxy) is 1. The van der Waals surface area contributed by atoms with Gasteiger partial charge >= 0.3 is 5.97 Å². The van der Waals surface area contributed by atoms with Gasteiger partial charge in [-0.15, -0.1) is 0 Å². The predicted octanol–water partition coefficient (Wildman–Crippen LogP) is 0.445. The number of aryl methyl sites for hydroxylation is 1. The zero-order valence-electron chi connectivity index (χ0n) is 10.3. The van der Waals surface area contributed by atoms with E-state index in [9.17, 15) is 9.59 Å². The Morgan fingerprint density at radius 1 is 1.47 bits per heavy atom. The molecule has 94 valence electrons. The molecule has 1 aromatic heterocycles. The normalized spacial score (nSPS) is 10.1. The van der Waals surface area contributed by atoms with Gasteiger partial charge in [0.2, 0.25) is 0 Å². The number of nitrogens with zero attached hydrogens (tertiary/aromatic N) is 3. The summed E-state index contributed by atoms with van der Waals surface area (Å²) in [4.78, 5) is 24.7. The third-order valence-electron chi connectivity index (χ3n) is 2.25. The molecule has 6 heteroatoms. The molecule has 0 bridgehead atoms. The number of aromatic nitrogens is 2. The number of carbonyl (C=O) groups excluding carboxylic acids is 2. The molecule has 0 aliphatic heterocycles. The molecule has 1 rings (SSSR count). The van der Waals surface area contributed by atoms with E-state index in [4.69, 9.17) is 4.74 Å². The number of amides is 1. The Hall–Kier alpha value is -1.85. The smallest absolute Gasteiger partial charge is 0.325 e. The zero-order valence-corrected chi connectivity index (χ0v) is 10.3. The average molecular weight is 239 g/mol. The Bertz CT molecular complexity index is 400. The lowest BCUT2D eigenvalue weighted by Crippen LogP contribution is -2.36. The highest BCUT2D eigenvalue weighted by Gasteiger charge is 2.18. The highest BCUT2D eigenvalue weighted by atomic mass is 16.5. The SMILES string of the molecule is CCOC(=O)CN(CC)C(=O)c1cnn(C)c1. The molecule has 1 heterocycles. The Labute approximate surface area is 100 Å². The van der Waals surface area contributed by atoms with Gasteiger partial charge in [0.25, 0.3) is 5.91 Å². The van der Waals surface area contributed by atoms with Crippen molar-refractivity contribution in [2.24, 2.45) is 7.05 Å². The van der Waals surface area contributed by atoms with Crippen molar-refractivity contribution in [2.75, 3.05) is 19.7 Å². The van der Waals surface area contributed by atoms with E-state index in [2.05, 4.69) is 5.10 Å². The predicted molar refractivity (Wildman–Crippen MR) is 61.4 cm³/mol. The van der Waals surface area contributed by atoms with Crippen LogP contribution in [0.25, 0.3) is 0 Å². The number of likely N-dealkylation sites (N-methyl/N-ethyl adjacent to an activating group) is 1. The monoisotopic (exact) mass is 239 g/mol. The van der Waals surface area contributed by atoms with Crippen molar-refractivity contribution in [1.82, 2.24) is 14.7 Å². The molecule has 0 unspecified atom stereocenters. The first kappa shape index (κ1) is 13.2. The maximum Gasteiger partial charge on any atom is 0.325 e. The van der Waals surface area contributed by atoms with Crippen molar-refractivity contribution in [3.63, 3.8) is 0 Å². The first-order valence-electron chi connectivity index (χ1n) is 5.52. The number of hydrogen-bond donors (Lipinski definition) is 0. The van der Waals surface area contributed by atoms with E-state index >= 15 is 0 Å². The Kier molecular flexibility index (Phi) is 4.68. The summed E-state index contributed by atoms with van der Waals surface area (Å²) in [7, 11) is 1.73. The molecule has 1 amide bonds. The maximum atomic E-state index is 12.0. The van der Waals surface area contributed by atoms with E-state index in [0.717, 1.165) is 0 Å². The fourth-order valence-corrected chi connectivity index (χ4v) is 1.40. The van der Waals surface area contributed by atoms with Crippen molar-refractivity contribution < 1.29 is 14.3 Å². The largest absolute Gasteiger partial charge is 0.465 e. The standard InChI is InChI=1S/C11H17N3O3/c1-4-14(8-10(15)17-5-2)11(16)9-6-12-13(3)7-9/h6-7H,4-5,8H2,1-3H3. The lowest BCUT2D eigenvalue weighted by atomic mass is 10.3. The van der Waals surface area contributed by atoms with Crippen LogP contribution in [-0.2, 0) is 16.6 Å². The molecule has 0 saturated carbocycles. The second kappa shape index (κ2) is 6.03. The molecule has 1 aromatic rings. The van der Waals surface area contributed by atoms with Crippen molar-refractivity contribution in [3.05, 3.63) is 18.0 Å². The molecule has 17 heavy (non-hydrogen) atoms. The van der Waals surface area contributed by atoms with E-state index < -0.39 is 5.97 Å². The molecule has 0 aromatic carbocycles. The van der Waals surface area contributed by atoms with Gasteiger partial charge in [0.05, 0.1) is 18.4 Å². The minimum Gasteiger partial charge on any atom is -0.465 e. The van der Waals surface area contributed by atoms with Crippen molar-refractivity contribution in [2.45, 2.75) is 13.8 Å². The summed E-state index contributed by atoms with van der Waals surface area (Å²) >= 11 is 0. The van der Waals surface area contributed by atoms with Gasteiger partial charge in [-0.2, -0.15) is 5.10 Å². The van der Waals surface area contributed by atoms with Gasteiger partial charge in [0, 0.05) is 19.8 Å². The van der Waals surface area contributed by atoms with Gasteiger partial charge in [-0.3, -0.25) is 14.3 Å². The fourth-order valence-electron chi connectivity index (χ4n) is 1.40. The quantitative estimate of drug-likeness (QED) is 0.700. The van der Waals surface area contributed by atoms with Gasteiger partial charge in [0.1, 0.15) is 6.54 Å². The molecular formula is C11H17N3O3. The first-order chi connectivity index (χ1) is 8.08. The first-order valence-corrected chi connectivity index (χ1v) is 5.52. The van der Waals surface area contributed by atoms with Gasteiger partial charge in [-0.05, 0) is 13.8 Å². The topological polar surface area (TPSA) is 64.4 Å². The lowest BCUT2D eigenvalue weighted by Gasteiger charge is -2.18. The summed E-state index contributed by atoms with van der Waals surface area (Å²) < 4.78 is 6.36.